The van der Waals surface area contributed by atoms with E-state index in [4.69, 9.17) is 9.47 Å². The molecule has 0 aliphatic carbocycles. The van der Waals surface area contributed by atoms with Gasteiger partial charge in [-0.15, -0.1) is 0 Å². The molecule has 0 aliphatic heterocycles. The number of hydrogen-bond acceptors (Lipinski definition) is 4. The molecule has 0 unspecified atom stereocenters. The highest BCUT2D eigenvalue weighted by Gasteiger charge is 2.08. The maximum Gasteiger partial charge on any atom is 0.338 e. The first-order valence-corrected chi connectivity index (χ1v) is 8.96. The summed E-state index contributed by atoms with van der Waals surface area (Å²) < 4.78 is 10.6. The first kappa shape index (κ1) is 20.9. The maximum absolute atomic E-state index is 11.7. The molecule has 4 heteroatoms. The average molecular weight is 376 g/mol. The Kier molecular flexibility index (Phi) is 7.10. The van der Waals surface area contributed by atoms with Crippen molar-refractivity contribution in [2.75, 3.05) is 0 Å². The van der Waals surface area contributed by atoms with Crippen molar-refractivity contribution in [3.8, 4) is 11.5 Å². The van der Waals surface area contributed by atoms with E-state index in [9.17, 15) is 9.59 Å². The van der Waals surface area contributed by atoms with Crippen molar-refractivity contribution in [2.24, 2.45) is 0 Å². The predicted molar refractivity (Wildman–Crippen MR) is 112 cm³/mol. The third kappa shape index (κ3) is 5.81. The topological polar surface area (TPSA) is 52.6 Å². The molecule has 0 spiro atoms. The van der Waals surface area contributed by atoms with E-state index in [2.05, 4.69) is 20.1 Å². The highest BCUT2D eigenvalue weighted by molar-refractivity contribution is 5.89. The Hall–Kier alpha value is -3.40. The Bertz CT molecular complexity index is 951. The summed E-state index contributed by atoms with van der Waals surface area (Å²) in [5, 5.41) is 0. The number of esters is 2. The Morgan fingerprint density at radius 1 is 0.893 bits per heavy atom. The smallest absolute Gasteiger partial charge is 0.338 e. The Balaban J connectivity index is 2.25. The van der Waals surface area contributed by atoms with Gasteiger partial charge in [0.2, 0.25) is 0 Å². The molecule has 2 aromatic rings. The van der Waals surface area contributed by atoms with E-state index in [1.54, 1.807) is 32.0 Å². The molecule has 28 heavy (non-hydrogen) atoms. The van der Waals surface area contributed by atoms with Gasteiger partial charge in [-0.1, -0.05) is 50.4 Å². The summed E-state index contributed by atoms with van der Waals surface area (Å²) in [4.78, 5) is 23.4. The van der Waals surface area contributed by atoms with Gasteiger partial charge in [-0.25, -0.2) is 9.59 Å². The molecule has 0 saturated heterocycles. The van der Waals surface area contributed by atoms with E-state index in [1.807, 2.05) is 36.4 Å². The largest absolute Gasteiger partial charge is 0.423 e. The van der Waals surface area contributed by atoms with Gasteiger partial charge in [-0.3, -0.25) is 0 Å². The van der Waals surface area contributed by atoms with Gasteiger partial charge in [-0.05, 0) is 61.2 Å². The molecule has 0 aromatic heterocycles. The van der Waals surface area contributed by atoms with E-state index in [0.717, 1.165) is 23.1 Å². The van der Waals surface area contributed by atoms with Crippen LogP contribution in [0.1, 0.15) is 37.5 Å². The second-order valence-corrected chi connectivity index (χ2v) is 6.46. The van der Waals surface area contributed by atoms with Crippen LogP contribution in [0, 0.1) is 0 Å². The molecule has 0 atom stereocenters. The zero-order valence-electron chi connectivity index (χ0n) is 16.5. The second-order valence-electron chi connectivity index (χ2n) is 6.46. The zero-order chi connectivity index (χ0) is 20.7. The van der Waals surface area contributed by atoms with Crippen LogP contribution < -0.4 is 9.47 Å². The van der Waals surface area contributed by atoms with E-state index in [0.29, 0.717) is 22.6 Å². The Labute approximate surface area is 165 Å². The lowest BCUT2D eigenvalue weighted by molar-refractivity contribution is -0.130. The lowest BCUT2D eigenvalue weighted by Crippen LogP contribution is -2.08. The van der Waals surface area contributed by atoms with Crippen molar-refractivity contribution in [3.05, 3.63) is 83.5 Å². The lowest BCUT2D eigenvalue weighted by atomic mass is 10.0. The van der Waals surface area contributed by atoms with Crippen molar-refractivity contribution in [1.29, 1.82) is 0 Å². The molecule has 0 amide bonds. The minimum absolute atomic E-state index is 0.342. The van der Waals surface area contributed by atoms with Crippen LogP contribution in [-0.4, -0.2) is 11.9 Å². The summed E-state index contributed by atoms with van der Waals surface area (Å²) >= 11 is 0. The fourth-order valence-electron chi connectivity index (χ4n) is 2.37. The van der Waals surface area contributed by atoms with Gasteiger partial charge in [0.15, 0.2) is 0 Å². The van der Waals surface area contributed by atoms with Gasteiger partial charge >= 0.3 is 11.9 Å². The van der Waals surface area contributed by atoms with Gasteiger partial charge in [0, 0.05) is 11.1 Å². The molecule has 0 bridgehead atoms. The monoisotopic (exact) mass is 376 g/mol. The summed E-state index contributed by atoms with van der Waals surface area (Å²) in [6, 6.07) is 12.7. The minimum Gasteiger partial charge on any atom is -0.423 e. The van der Waals surface area contributed by atoms with Crippen LogP contribution in [0.15, 0.2) is 66.8 Å². The minimum atomic E-state index is -0.457. The van der Waals surface area contributed by atoms with Crippen molar-refractivity contribution < 1.29 is 19.1 Å². The van der Waals surface area contributed by atoms with Crippen LogP contribution in [0.4, 0.5) is 0 Å². The van der Waals surface area contributed by atoms with Gasteiger partial charge < -0.3 is 9.47 Å². The first-order chi connectivity index (χ1) is 13.3. The van der Waals surface area contributed by atoms with Crippen LogP contribution in [0.2, 0.25) is 0 Å². The van der Waals surface area contributed by atoms with E-state index in [-0.39, 0.29) is 0 Å². The predicted octanol–water partition coefficient (Wildman–Crippen LogP) is 5.38. The molecule has 0 aliphatic rings. The van der Waals surface area contributed by atoms with Gasteiger partial charge in [0.05, 0.1) is 0 Å². The van der Waals surface area contributed by atoms with Crippen LogP contribution in [-0.2, 0) is 16.0 Å². The number of carbonyl (C=O) groups is 2. The average Bonchev–Trinajstić information content (AvgIpc) is 2.66. The molecule has 0 radical (unpaired) electrons. The number of carbonyl (C=O) groups excluding carboxylic acids is 2. The molecule has 0 saturated carbocycles. The molecule has 2 aromatic carbocycles. The molecular weight excluding hydrogens is 352 g/mol. The highest BCUT2D eigenvalue weighted by atomic mass is 16.5. The Morgan fingerprint density at radius 3 is 2.07 bits per heavy atom. The number of rotatable bonds is 7. The van der Waals surface area contributed by atoms with Crippen molar-refractivity contribution in [2.45, 2.75) is 27.2 Å². The molecule has 2 rings (SSSR count). The molecular formula is C24H24O4. The van der Waals surface area contributed by atoms with E-state index in [1.165, 1.54) is 0 Å². The SMILES string of the molecule is C=C(C)C(=O)Oc1cccc(/C=C\c2cc(OC(=O)C(=C)C)ccc2CC)c1. The first-order valence-electron chi connectivity index (χ1n) is 8.96. The number of benzene rings is 2. The standard InChI is InChI=1S/C24H24O4/c1-6-19-12-13-22(28-24(26)17(4)5)15-20(19)11-10-18-8-7-9-21(14-18)27-23(25)16(2)3/h7-15H,2,4,6H2,1,3,5H3/b11-10-. The van der Waals surface area contributed by atoms with Crippen molar-refractivity contribution in [3.63, 3.8) is 0 Å². The summed E-state index contributed by atoms with van der Waals surface area (Å²) in [5.41, 5.74) is 3.63. The van der Waals surface area contributed by atoms with Gasteiger partial charge in [-0.2, -0.15) is 0 Å². The van der Waals surface area contributed by atoms with Gasteiger partial charge in [0.1, 0.15) is 11.5 Å². The van der Waals surface area contributed by atoms with Crippen LogP contribution in [0.3, 0.4) is 0 Å². The zero-order valence-corrected chi connectivity index (χ0v) is 16.5. The molecule has 0 N–H and O–H groups in total. The second kappa shape index (κ2) is 9.51. The normalized spacial score (nSPS) is 10.5. The fraction of sp³-hybridized carbons (Fsp3) is 0.167. The summed E-state index contributed by atoms with van der Waals surface area (Å²) in [6.07, 6.45) is 4.69. The van der Waals surface area contributed by atoms with E-state index < -0.39 is 11.9 Å². The highest BCUT2D eigenvalue weighted by Crippen LogP contribution is 2.23. The van der Waals surface area contributed by atoms with Gasteiger partial charge in [0.25, 0.3) is 0 Å². The summed E-state index contributed by atoms with van der Waals surface area (Å²) in [6.45, 7) is 12.4. The lowest BCUT2D eigenvalue weighted by Gasteiger charge is -2.08. The van der Waals surface area contributed by atoms with E-state index >= 15 is 0 Å². The van der Waals surface area contributed by atoms with Crippen LogP contribution in [0.5, 0.6) is 11.5 Å². The van der Waals surface area contributed by atoms with Crippen LogP contribution in [0.25, 0.3) is 12.2 Å². The number of ether oxygens (including phenoxy) is 2. The molecule has 0 heterocycles. The van der Waals surface area contributed by atoms with Crippen molar-refractivity contribution in [1.82, 2.24) is 0 Å². The third-order valence-electron chi connectivity index (χ3n) is 3.93. The Morgan fingerprint density at radius 2 is 1.50 bits per heavy atom. The molecule has 4 nitrogen and oxygen atoms in total. The molecule has 0 fully saturated rings. The third-order valence-corrected chi connectivity index (χ3v) is 3.93. The van der Waals surface area contributed by atoms with Crippen molar-refractivity contribution >= 4 is 24.1 Å². The number of hydrogen-bond donors (Lipinski definition) is 0. The molecule has 144 valence electrons. The number of aryl methyl sites for hydroxylation is 1. The summed E-state index contributed by atoms with van der Waals surface area (Å²) in [7, 11) is 0. The quantitative estimate of drug-likeness (QED) is 0.282. The maximum atomic E-state index is 11.7. The fourth-order valence-corrected chi connectivity index (χ4v) is 2.37. The van der Waals surface area contributed by atoms with Crippen LogP contribution >= 0.6 is 0 Å². The summed E-state index contributed by atoms with van der Waals surface area (Å²) in [5.74, 6) is 0.0108.